The third kappa shape index (κ3) is 7.43. The second kappa shape index (κ2) is 15.7. The minimum absolute atomic E-state index is 0.507. The molecular formula is C50H64SiZr. The van der Waals surface area contributed by atoms with E-state index in [1.165, 1.54) is 55.6 Å². The van der Waals surface area contributed by atoms with E-state index in [9.17, 15) is 0 Å². The van der Waals surface area contributed by atoms with Gasteiger partial charge in [0.2, 0.25) is 0 Å². The molecule has 272 valence electrons. The van der Waals surface area contributed by atoms with Crippen molar-refractivity contribution in [1.82, 2.24) is 0 Å². The Bertz CT molecular complexity index is 1880. The van der Waals surface area contributed by atoms with E-state index in [-0.39, 0.29) is 0 Å². The Labute approximate surface area is 325 Å². The normalized spacial score (nSPS) is 16.8. The minimum atomic E-state index is -2.32. The number of rotatable bonds is 10. The Morgan fingerprint density at radius 2 is 0.769 bits per heavy atom. The van der Waals surface area contributed by atoms with Crippen LogP contribution in [0.15, 0.2) is 83.9 Å². The van der Waals surface area contributed by atoms with Gasteiger partial charge in [0.25, 0.3) is 0 Å². The molecule has 0 bridgehead atoms. The van der Waals surface area contributed by atoms with Crippen LogP contribution in [0.4, 0.5) is 0 Å². The van der Waals surface area contributed by atoms with Gasteiger partial charge in [-0.25, -0.2) is 0 Å². The standard InChI is InChI=1S/2C24H29.C2H6Si.Zr/c2*1-15(2)19-11-20(16(3)4)13-22(12-19)23-9-7-8-18-10-21(17(5)6)14-24(18)23;1-3-2;/h2*7-17H,1-6H3;1-2H3;. The van der Waals surface area contributed by atoms with Gasteiger partial charge in [0.15, 0.2) is 0 Å². The summed E-state index contributed by atoms with van der Waals surface area (Å²) in [6, 6.07) is 29.5. The van der Waals surface area contributed by atoms with E-state index < -0.39 is 25.8 Å². The molecule has 0 amide bonds. The van der Waals surface area contributed by atoms with E-state index in [0.717, 1.165) is 0 Å². The third-order valence-corrected chi connectivity index (χ3v) is 31.3. The van der Waals surface area contributed by atoms with E-state index in [1.807, 2.05) is 0 Å². The van der Waals surface area contributed by atoms with Crippen LogP contribution in [0.1, 0.15) is 159 Å². The third-order valence-electron chi connectivity index (χ3n) is 12.0. The van der Waals surface area contributed by atoms with Gasteiger partial charge in [-0.05, 0) is 0 Å². The van der Waals surface area contributed by atoms with Crippen molar-refractivity contribution >= 4 is 17.6 Å². The first-order valence-electron chi connectivity index (χ1n) is 20.2. The molecule has 0 aliphatic heterocycles. The van der Waals surface area contributed by atoms with Crippen LogP contribution in [0.3, 0.4) is 0 Å². The molecule has 2 unspecified atom stereocenters. The molecule has 0 aromatic heterocycles. The summed E-state index contributed by atoms with van der Waals surface area (Å²) in [7, 11) is 0. The maximum atomic E-state index is 2.68. The van der Waals surface area contributed by atoms with E-state index in [1.54, 1.807) is 22.3 Å². The molecule has 6 rings (SSSR count). The quantitative estimate of drug-likeness (QED) is 0.141. The van der Waals surface area contributed by atoms with Gasteiger partial charge < -0.3 is 0 Å². The Morgan fingerprint density at radius 3 is 1.04 bits per heavy atom. The van der Waals surface area contributed by atoms with Crippen molar-refractivity contribution in [3.63, 3.8) is 0 Å². The van der Waals surface area contributed by atoms with Gasteiger partial charge in [-0.1, -0.05) is 0 Å². The second-order valence-corrected chi connectivity index (χ2v) is 35.8. The predicted octanol–water partition coefficient (Wildman–Crippen LogP) is 15.3. The van der Waals surface area contributed by atoms with Gasteiger partial charge in [0.1, 0.15) is 0 Å². The van der Waals surface area contributed by atoms with Gasteiger partial charge in [-0.2, -0.15) is 0 Å². The van der Waals surface area contributed by atoms with Crippen LogP contribution in [-0.2, 0) is 20.4 Å². The van der Waals surface area contributed by atoms with Crippen LogP contribution >= 0.6 is 0 Å². The topological polar surface area (TPSA) is 0 Å². The molecule has 2 heteroatoms. The predicted molar refractivity (Wildman–Crippen MR) is 229 cm³/mol. The molecule has 0 nitrogen and oxygen atoms in total. The average Bonchev–Trinajstić information content (AvgIpc) is 3.68. The van der Waals surface area contributed by atoms with Crippen molar-refractivity contribution in [2.45, 2.75) is 127 Å². The number of hydrogen-bond acceptors (Lipinski definition) is 0. The molecule has 52 heavy (non-hydrogen) atoms. The van der Waals surface area contributed by atoms with E-state index in [0.29, 0.717) is 42.8 Å². The first-order chi connectivity index (χ1) is 24.6. The summed E-state index contributed by atoms with van der Waals surface area (Å²) in [5, 5.41) is 0. The van der Waals surface area contributed by atoms with Crippen LogP contribution in [-0.4, -0.2) is 5.43 Å². The monoisotopic (exact) mass is 782 g/mol. The Morgan fingerprint density at radius 1 is 0.442 bits per heavy atom. The molecule has 2 atom stereocenters. The molecule has 4 aromatic rings. The molecule has 0 spiro atoms. The van der Waals surface area contributed by atoms with Gasteiger partial charge in [0.05, 0.1) is 0 Å². The first-order valence-corrected chi connectivity index (χ1v) is 29.3. The summed E-state index contributed by atoms with van der Waals surface area (Å²) < 4.78 is 1.22. The Balaban J connectivity index is 1.55. The van der Waals surface area contributed by atoms with Crippen LogP contribution in [0.2, 0.25) is 13.1 Å². The summed E-state index contributed by atoms with van der Waals surface area (Å²) in [6.07, 6.45) is 5.36. The summed E-state index contributed by atoms with van der Waals surface area (Å²) in [5.41, 5.74) is 20.7. The van der Waals surface area contributed by atoms with Gasteiger partial charge in [0, 0.05) is 0 Å². The van der Waals surface area contributed by atoms with Crippen molar-refractivity contribution in [2.75, 3.05) is 0 Å². The summed E-state index contributed by atoms with van der Waals surface area (Å²) in [4.78, 5) is 0. The van der Waals surface area contributed by atoms with Crippen molar-refractivity contribution in [2.24, 2.45) is 11.8 Å². The Kier molecular flexibility index (Phi) is 11.8. The molecule has 0 heterocycles. The summed E-state index contributed by atoms with van der Waals surface area (Å²) in [6.45, 7) is 33.9. The number of benzene rings is 4. The van der Waals surface area contributed by atoms with Crippen molar-refractivity contribution in [1.29, 1.82) is 0 Å². The van der Waals surface area contributed by atoms with Crippen LogP contribution in [0, 0.1) is 11.8 Å². The zero-order valence-corrected chi connectivity index (χ0v) is 38.2. The molecule has 2 aliphatic carbocycles. The Hall–Kier alpha value is -2.54. The molecule has 2 aliphatic rings. The number of fused-ring (bicyclic) bond motifs is 2. The van der Waals surface area contributed by atoms with Crippen LogP contribution in [0.25, 0.3) is 34.4 Å². The number of hydrogen-bond donors (Lipinski definition) is 0. The maximum absolute atomic E-state index is 2.68. The first kappa shape index (κ1) is 39.2. The molecule has 4 aromatic carbocycles. The van der Waals surface area contributed by atoms with Crippen molar-refractivity contribution < 1.29 is 20.4 Å². The fourth-order valence-corrected chi connectivity index (χ4v) is 29.8. The van der Waals surface area contributed by atoms with Crippen LogP contribution in [0.5, 0.6) is 0 Å². The molecule has 0 saturated carbocycles. The van der Waals surface area contributed by atoms with E-state index in [4.69, 9.17) is 0 Å². The SMILES string of the molecule is CC(C)C1=Cc2c(-c3cc(C(C)C)cc(C(C)C)c3)cccc2[CH]1[Zr]([CH]1C(C(C)C)=Cc2c(-c3cc(C(C)C)cc(C(C)C)c3)cccc21)=[Si](C)C. The van der Waals surface area contributed by atoms with Crippen molar-refractivity contribution in [3.8, 4) is 22.3 Å². The molecular weight excluding hydrogens is 720 g/mol. The van der Waals surface area contributed by atoms with Crippen LogP contribution < -0.4 is 0 Å². The van der Waals surface area contributed by atoms with Gasteiger partial charge in [-0.15, -0.1) is 0 Å². The average molecular weight is 784 g/mol. The molecule has 0 radical (unpaired) electrons. The summed E-state index contributed by atoms with van der Waals surface area (Å²) in [5.74, 6) is 3.09. The molecule has 0 fully saturated rings. The van der Waals surface area contributed by atoms with E-state index in [2.05, 4.69) is 181 Å². The fourth-order valence-electron chi connectivity index (χ4n) is 8.79. The van der Waals surface area contributed by atoms with Gasteiger partial charge in [-0.3, -0.25) is 0 Å². The zero-order valence-electron chi connectivity index (χ0n) is 34.7. The fraction of sp³-hybridized carbons (Fsp3) is 0.440. The van der Waals surface area contributed by atoms with Gasteiger partial charge >= 0.3 is 328 Å². The zero-order chi connectivity index (χ0) is 37.8. The van der Waals surface area contributed by atoms with Crippen molar-refractivity contribution in [3.05, 3.63) is 128 Å². The number of allylic oxidation sites excluding steroid dienone is 2. The molecule has 0 saturated heterocycles. The summed E-state index contributed by atoms with van der Waals surface area (Å²) >= 11 is -2.32. The second-order valence-electron chi connectivity index (χ2n) is 17.9. The molecule has 0 N–H and O–H groups in total. The van der Waals surface area contributed by atoms with E-state index >= 15 is 0 Å².